The van der Waals surface area contributed by atoms with Crippen LogP contribution in [-0.2, 0) is 0 Å². The molecule has 2 heterocycles. The van der Waals surface area contributed by atoms with Crippen LogP contribution in [0.1, 0.15) is 6.42 Å². The molecule has 108 valence electrons. The van der Waals surface area contributed by atoms with Gasteiger partial charge in [0.05, 0.1) is 0 Å². The van der Waals surface area contributed by atoms with Gasteiger partial charge in [-0.15, -0.1) is 0 Å². The van der Waals surface area contributed by atoms with Gasteiger partial charge in [0.25, 0.3) is 5.95 Å². The Bertz CT molecular complexity index is 523. The largest absolute Gasteiger partial charge is 0.354 e. The van der Waals surface area contributed by atoms with Crippen LogP contribution in [0.25, 0.3) is 5.95 Å². The molecule has 2 aromatic heterocycles. The van der Waals surface area contributed by atoms with Crippen LogP contribution in [0.5, 0.6) is 0 Å². The maximum absolute atomic E-state index is 5.37. The molecular weight excluding hydrogens is 258 g/mol. The van der Waals surface area contributed by atoms with Crippen LogP contribution in [0, 0.1) is 0 Å². The van der Waals surface area contributed by atoms with Gasteiger partial charge in [0, 0.05) is 18.9 Å². The third-order valence-electron chi connectivity index (χ3n) is 2.53. The number of hydrogen-bond donors (Lipinski definition) is 3. The number of nitrogens with two attached hydrogens (primary N) is 1. The number of nitrogen functional groups attached to an aromatic ring is 1. The van der Waals surface area contributed by atoms with E-state index in [1.807, 2.05) is 14.1 Å². The molecule has 0 unspecified atom stereocenters. The van der Waals surface area contributed by atoms with E-state index >= 15 is 0 Å². The molecule has 0 saturated carbocycles. The Morgan fingerprint density at radius 3 is 2.70 bits per heavy atom. The summed E-state index contributed by atoms with van der Waals surface area (Å²) in [4.78, 5) is 14.7. The molecule has 0 saturated heterocycles. The fourth-order valence-electron chi connectivity index (χ4n) is 1.59. The summed E-state index contributed by atoms with van der Waals surface area (Å²) in [6.07, 6.45) is 4.40. The summed E-state index contributed by atoms with van der Waals surface area (Å²) in [5.41, 5.74) is 2.43. The Balaban J connectivity index is 2.06. The monoisotopic (exact) mass is 277 g/mol. The summed E-state index contributed by atoms with van der Waals surface area (Å²) < 4.78 is 1.55. The molecule has 0 radical (unpaired) electrons. The molecule has 4 N–H and O–H groups in total. The van der Waals surface area contributed by atoms with Gasteiger partial charge < -0.3 is 10.2 Å². The Labute approximate surface area is 117 Å². The lowest BCUT2D eigenvalue weighted by molar-refractivity contribution is 0.405. The Morgan fingerprint density at radius 1 is 1.25 bits per heavy atom. The number of anilines is 2. The molecule has 0 bridgehead atoms. The van der Waals surface area contributed by atoms with E-state index in [0.29, 0.717) is 17.8 Å². The van der Waals surface area contributed by atoms with Crippen LogP contribution in [0.2, 0.25) is 0 Å². The standard InChI is InChI=1S/C11H19N9/c1-19(2)7-3-5-13-9-15-10(18-12)17-11(16-9)20-8-4-6-14-20/h4,6,8H,3,5,7,12H2,1-2H3,(H2,13,15,16,17,18). The van der Waals surface area contributed by atoms with Gasteiger partial charge in [0.15, 0.2) is 0 Å². The van der Waals surface area contributed by atoms with Gasteiger partial charge in [-0.3, -0.25) is 5.43 Å². The van der Waals surface area contributed by atoms with Crippen LogP contribution < -0.4 is 16.6 Å². The lowest BCUT2D eigenvalue weighted by Gasteiger charge is -2.11. The molecule has 20 heavy (non-hydrogen) atoms. The van der Waals surface area contributed by atoms with Crippen molar-refractivity contribution < 1.29 is 0 Å². The van der Waals surface area contributed by atoms with Crippen LogP contribution >= 0.6 is 0 Å². The highest BCUT2D eigenvalue weighted by atomic mass is 15.4. The highest BCUT2D eigenvalue weighted by Crippen LogP contribution is 2.07. The van der Waals surface area contributed by atoms with E-state index in [9.17, 15) is 0 Å². The highest BCUT2D eigenvalue weighted by Gasteiger charge is 2.07. The van der Waals surface area contributed by atoms with Crippen LogP contribution in [0.15, 0.2) is 18.5 Å². The van der Waals surface area contributed by atoms with Crippen molar-refractivity contribution in [1.82, 2.24) is 29.6 Å². The van der Waals surface area contributed by atoms with Gasteiger partial charge in [-0.05, 0) is 33.1 Å². The summed E-state index contributed by atoms with van der Waals surface area (Å²) >= 11 is 0. The van der Waals surface area contributed by atoms with Crippen molar-refractivity contribution in [3.63, 3.8) is 0 Å². The number of hydrazine groups is 1. The van der Waals surface area contributed by atoms with E-state index in [-0.39, 0.29) is 0 Å². The maximum Gasteiger partial charge on any atom is 0.257 e. The lowest BCUT2D eigenvalue weighted by atomic mass is 10.4. The molecule has 0 spiro atoms. The summed E-state index contributed by atoms with van der Waals surface area (Å²) in [6, 6.07) is 1.80. The molecule has 0 atom stereocenters. The first kappa shape index (κ1) is 14.2. The molecule has 0 fully saturated rings. The first-order valence-corrected chi connectivity index (χ1v) is 6.30. The summed E-state index contributed by atoms with van der Waals surface area (Å²) in [5, 5.41) is 7.24. The predicted octanol–water partition coefficient (Wildman–Crippen LogP) is -0.293. The zero-order valence-electron chi connectivity index (χ0n) is 11.6. The third kappa shape index (κ3) is 3.87. The van der Waals surface area contributed by atoms with E-state index in [1.165, 1.54) is 0 Å². The number of aromatic nitrogens is 5. The van der Waals surface area contributed by atoms with Crippen molar-refractivity contribution in [3.05, 3.63) is 18.5 Å². The SMILES string of the molecule is CN(C)CCCNc1nc(NN)nc(-n2cccn2)n1. The van der Waals surface area contributed by atoms with E-state index in [1.54, 1.807) is 23.1 Å². The zero-order chi connectivity index (χ0) is 14.4. The second-order valence-electron chi connectivity index (χ2n) is 4.46. The summed E-state index contributed by atoms with van der Waals surface area (Å²) in [6.45, 7) is 1.76. The average Bonchev–Trinajstić information content (AvgIpc) is 2.97. The Kier molecular flexibility index (Phi) is 4.80. The minimum absolute atomic E-state index is 0.292. The average molecular weight is 277 g/mol. The molecule has 0 aromatic carbocycles. The fraction of sp³-hybridized carbons (Fsp3) is 0.455. The summed E-state index contributed by atoms with van der Waals surface area (Å²) in [7, 11) is 4.07. The van der Waals surface area contributed by atoms with Gasteiger partial charge in [-0.1, -0.05) is 0 Å². The number of nitrogens with one attached hydrogen (secondary N) is 2. The first-order chi connectivity index (χ1) is 9.69. The van der Waals surface area contributed by atoms with E-state index < -0.39 is 0 Å². The van der Waals surface area contributed by atoms with Crippen molar-refractivity contribution in [2.45, 2.75) is 6.42 Å². The summed E-state index contributed by atoms with van der Waals surface area (Å²) in [5.74, 6) is 6.54. The lowest BCUT2D eigenvalue weighted by Crippen LogP contribution is -2.19. The normalized spacial score (nSPS) is 10.8. The molecular formula is C11H19N9. The van der Waals surface area contributed by atoms with E-state index in [2.05, 4.69) is 35.7 Å². The van der Waals surface area contributed by atoms with Gasteiger partial charge in [-0.25, -0.2) is 10.5 Å². The van der Waals surface area contributed by atoms with Gasteiger partial charge in [0.1, 0.15) is 0 Å². The smallest absolute Gasteiger partial charge is 0.257 e. The number of hydrogen-bond acceptors (Lipinski definition) is 8. The van der Waals surface area contributed by atoms with Crippen molar-refractivity contribution in [3.8, 4) is 5.95 Å². The molecule has 0 amide bonds. The molecule has 2 aromatic rings. The first-order valence-electron chi connectivity index (χ1n) is 6.30. The molecule has 0 aliphatic rings. The van der Waals surface area contributed by atoms with Crippen LogP contribution in [0.4, 0.5) is 11.9 Å². The van der Waals surface area contributed by atoms with Crippen molar-refractivity contribution >= 4 is 11.9 Å². The van der Waals surface area contributed by atoms with Gasteiger partial charge in [-0.2, -0.15) is 20.1 Å². The van der Waals surface area contributed by atoms with Gasteiger partial charge >= 0.3 is 0 Å². The molecule has 2 rings (SSSR count). The topological polar surface area (TPSA) is 110 Å². The van der Waals surface area contributed by atoms with E-state index in [0.717, 1.165) is 19.5 Å². The molecule has 0 aliphatic heterocycles. The van der Waals surface area contributed by atoms with Crippen molar-refractivity contribution in [2.24, 2.45) is 5.84 Å². The van der Waals surface area contributed by atoms with Gasteiger partial charge in [0.2, 0.25) is 11.9 Å². The second-order valence-corrected chi connectivity index (χ2v) is 4.46. The van der Waals surface area contributed by atoms with Crippen molar-refractivity contribution in [1.29, 1.82) is 0 Å². The maximum atomic E-state index is 5.37. The van der Waals surface area contributed by atoms with E-state index in [4.69, 9.17) is 5.84 Å². The highest BCUT2D eigenvalue weighted by molar-refractivity contribution is 5.36. The Hall–Kier alpha value is -2.26. The quantitative estimate of drug-likeness (QED) is 0.360. The Morgan fingerprint density at radius 2 is 2.05 bits per heavy atom. The second kappa shape index (κ2) is 6.78. The minimum Gasteiger partial charge on any atom is -0.354 e. The van der Waals surface area contributed by atoms with Crippen LogP contribution in [-0.4, -0.2) is 56.8 Å². The number of nitrogens with zero attached hydrogens (tertiary/aromatic N) is 6. The molecule has 0 aliphatic carbocycles. The predicted molar refractivity (Wildman–Crippen MR) is 76.4 cm³/mol. The minimum atomic E-state index is 0.292. The number of rotatable bonds is 7. The third-order valence-corrected chi connectivity index (χ3v) is 2.53. The van der Waals surface area contributed by atoms with Crippen LogP contribution in [0.3, 0.4) is 0 Å². The zero-order valence-corrected chi connectivity index (χ0v) is 11.6. The molecule has 9 nitrogen and oxygen atoms in total. The molecule has 9 heteroatoms. The van der Waals surface area contributed by atoms with Crippen molar-refractivity contribution in [2.75, 3.05) is 37.9 Å². The fourth-order valence-corrected chi connectivity index (χ4v) is 1.59.